The topological polar surface area (TPSA) is 17.0 Å². The Morgan fingerprint density at radius 2 is 2.00 bits per heavy atom. The van der Waals surface area contributed by atoms with Crippen molar-refractivity contribution in [2.75, 3.05) is 5.32 Å². The molecule has 1 aromatic carbocycles. The van der Waals surface area contributed by atoms with Gasteiger partial charge in [0.25, 0.3) is 0 Å². The number of halogens is 4. The van der Waals surface area contributed by atoms with Gasteiger partial charge in [0, 0.05) is 29.1 Å². The Hall–Kier alpha value is -1.62. The molecule has 2 aromatic rings. The molecule has 1 N–H and O–H groups in total. The van der Waals surface area contributed by atoms with Gasteiger partial charge in [-0.1, -0.05) is 11.6 Å². The standard InChI is InChI=1S/C14H14ClF3N2/c1-2-20-5-3-4-13(20)9-19-12-7-10(14(16,17)18)6-11(15)8-12/h3-8,19H,2,9H2,1H3. The smallest absolute Gasteiger partial charge is 0.379 e. The molecule has 2 rings (SSSR count). The van der Waals surface area contributed by atoms with Gasteiger partial charge >= 0.3 is 6.18 Å². The third-order valence-corrected chi connectivity index (χ3v) is 3.18. The number of hydrogen-bond donors (Lipinski definition) is 1. The Labute approximate surface area is 120 Å². The van der Waals surface area contributed by atoms with Gasteiger partial charge in [0.05, 0.1) is 12.1 Å². The van der Waals surface area contributed by atoms with E-state index in [1.165, 1.54) is 6.07 Å². The van der Waals surface area contributed by atoms with Crippen molar-refractivity contribution in [2.24, 2.45) is 0 Å². The molecule has 0 amide bonds. The van der Waals surface area contributed by atoms with Gasteiger partial charge in [-0.05, 0) is 37.3 Å². The van der Waals surface area contributed by atoms with Crippen LogP contribution in [0.15, 0.2) is 36.5 Å². The van der Waals surface area contributed by atoms with E-state index < -0.39 is 11.7 Å². The Morgan fingerprint density at radius 3 is 2.65 bits per heavy atom. The summed E-state index contributed by atoms with van der Waals surface area (Å²) >= 11 is 5.73. The van der Waals surface area contributed by atoms with Gasteiger partial charge in [0.15, 0.2) is 0 Å². The van der Waals surface area contributed by atoms with Crippen molar-refractivity contribution in [3.8, 4) is 0 Å². The molecule has 0 aliphatic carbocycles. The monoisotopic (exact) mass is 302 g/mol. The van der Waals surface area contributed by atoms with E-state index >= 15 is 0 Å². The summed E-state index contributed by atoms with van der Waals surface area (Å²) in [6.07, 6.45) is -2.47. The first-order chi connectivity index (χ1) is 9.40. The summed E-state index contributed by atoms with van der Waals surface area (Å²) in [7, 11) is 0. The molecule has 0 bridgehead atoms. The van der Waals surface area contributed by atoms with E-state index in [4.69, 9.17) is 11.6 Å². The summed E-state index contributed by atoms with van der Waals surface area (Å²) in [5.74, 6) is 0. The fourth-order valence-corrected chi connectivity index (χ4v) is 2.20. The molecule has 2 nitrogen and oxygen atoms in total. The quantitative estimate of drug-likeness (QED) is 0.859. The largest absolute Gasteiger partial charge is 0.416 e. The third kappa shape index (κ3) is 3.48. The summed E-state index contributed by atoms with van der Waals surface area (Å²) in [5, 5.41) is 3.03. The molecule has 0 unspecified atom stereocenters. The summed E-state index contributed by atoms with van der Waals surface area (Å²) < 4.78 is 40.1. The zero-order valence-electron chi connectivity index (χ0n) is 10.8. The number of hydrogen-bond acceptors (Lipinski definition) is 1. The number of rotatable bonds is 4. The lowest BCUT2D eigenvalue weighted by Crippen LogP contribution is -2.08. The van der Waals surface area contributed by atoms with Gasteiger partial charge in [-0.3, -0.25) is 0 Å². The molecule has 0 spiro atoms. The van der Waals surface area contributed by atoms with Gasteiger partial charge in [-0.2, -0.15) is 13.2 Å². The van der Waals surface area contributed by atoms with Crippen molar-refractivity contribution in [3.05, 3.63) is 52.8 Å². The number of benzene rings is 1. The minimum absolute atomic E-state index is 0.0631. The fraction of sp³-hybridized carbons (Fsp3) is 0.286. The molecular weight excluding hydrogens is 289 g/mol. The van der Waals surface area contributed by atoms with E-state index in [2.05, 4.69) is 5.32 Å². The zero-order chi connectivity index (χ0) is 14.8. The van der Waals surface area contributed by atoms with E-state index in [1.807, 2.05) is 29.8 Å². The van der Waals surface area contributed by atoms with Crippen molar-refractivity contribution in [2.45, 2.75) is 26.2 Å². The first kappa shape index (κ1) is 14.8. The van der Waals surface area contributed by atoms with Crippen LogP contribution in [0.3, 0.4) is 0 Å². The highest BCUT2D eigenvalue weighted by Crippen LogP contribution is 2.33. The first-order valence-electron chi connectivity index (χ1n) is 6.16. The predicted molar refractivity (Wildman–Crippen MR) is 73.9 cm³/mol. The highest BCUT2D eigenvalue weighted by atomic mass is 35.5. The van der Waals surface area contributed by atoms with Crippen LogP contribution in [0, 0.1) is 0 Å². The van der Waals surface area contributed by atoms with Gasteiger partial charge in [-0.25, -0.2) is 0 Å². The van der Waals surface area contributed by atoms with Crippen molar-refractivity contribution in [1.29, 1.82) is 0 Å². The van der Waals surface area contributed by atoms with Crippen molar-refractivity contribution >= 4 is 17.3 Å². The molecule has 0 fully saturated rings. The van der Waals surface area contributed by atoms with Crippen molar-refractivity contribution in [3.63, 3.8) is 0 Å². The molecule has 0 aliphatic heterocycles. The van der Waals surface area contributed by atoms with Gasteiger partial charge in [-0.15, -0.1) is 0 Å². The number of aromatic nitrogens is 1. The predicted octanol–water partition coefficient (Wildman–Crippen LogP) is 4.79. The number of nitrogens with one attached hydrogen (secondary N) is 1. The summed E-state index contributed by atoms with van der Waals surface area (Å²) in [6, 6.07) is 7.29. The average Bonchev–Trinajstić information content (AvgIpc) is 2.82. The van der Waals surface area contributed by atoms with Crippen LogP contribution >= 0.6 is 11.6 Å². The van der Waals surface area contributed by atoms with Crippen LogP contribution < -0.4 is 5.32 Å². The molecule has 1 aromatic heterocycles. The van der Waals surface area contributed by atoms with E-state index in [0.29, 0.717) is 12.2 Å². The van der Waals surface area contributed by atoms with Crippen LogP contribution in [0.25, 0.3) is 0 Å². The highest BCUT2D eigenvalue weighted by molar-refractivity contribution is 6.30. The van der Waals surface area contributed by atoms with E-state index in [1.54, 1.807) is 0 Å². The van der Waals surface area contributed by atoms with Crippen LogP contribution in [0.5, 0.6) is 0 Å². The first-order valence-corrected chi connectivity index (χ1v) is 6.53. The molecule has 20 heavy (non-hydrogen) atoms. The third-order valence-electron chi connectivity index (χ3n) is 2.96. The second kappa shape index (κ2) is 5.79. The maximum Gasteiger partial charge on any atom is 0.416 e. The van der Waals surface area contributed by atoms with Crippen LogP contribution in [0.1, 0.15) is 18.2 Å². The summed E-state index contributed by atoms with van der Waals surface area (Å²) in [6.45, 7) is 3.26. The van der Waals surface area contributed by atoms with E-state index in [9.17, 15) is 13.2 Å². The number of alkyl halides is 3. The van der Waals surface area contributed by atoms with Gasteiger partial charge < -0.3 is 9.88 Å². The molecule has 6 heteroatoms. The fourth-order valence-electron chi connectivity index (χ4n) is 1.97. The second-order valence-corrected chi connectivity index (χ2v) is 4.80. The Kier molecular flexibility index (Phi) is 4.28. The number of anilines is 1. The molecule has 0 atom stereocenters. The minimum Gasteiger partial charge on any atom is -0.379 e. The zero-order valence-corrected chi connectivity index (χ0v) is 11.6. The molecule has 0 saturated heterocycles. The Balaban J connectivity index is 2.16. The normalized spacial score (nSPS) is 11.7. The lowest BCUT2D eigenvalue weighted by Gasteiger charge is -2.12. The lowest BCUT2D eigenvalue weighted by molar-refractivity contribution is -0.137. The maximum atomic E-state index is 12.7. The molecule has 1 heterocycles. The number of nitrogens with zero attached hydrogens (tertiary/aromatic N) is 1. The van der Waals surface area contributed by atoms with Crippen LogP contribution in [0.2, 0.25) is 5.02 Å². The molecule has 0 saturated carbocycles. The molecule has 108 valence electrons. The summed E-state index contributed by atoms with van der Waals surface area (Å²) in [4.78, 5) is 0. The van der Waals surface area contributed by atoms with Crippen LogP contribution in [-0.4, -0.2) is 4.57 Å². The highest BCUT2D eigenvalue weighted by Gasteiger charge is 2.31. The minimum atomic E-state index is -4.40. The SMILES string of the molecule is CCn1cccc1CNc1cc(Cl)cc(C(F)(F)F)c1. The number of aryl methyl sites for hydroxylation is 1. The summed E-state index contributed by atoms with van der Waals surface area (Å²) in [5.41, 5.74) is 0.605. The average molecular weight is 303 g/mol. The lowest BCUT2D eigenvalue weighted by atomic mass is 10.2. The second-order valence-electron chi connectivity index (χ2n) is 4.37. The van der Waals surface area contributed by atoms with E-state index in [-0.39, 0.29) is 5.02 Å². The maximum absolute atomic E-state index is 12.7. The van der Waals surface area contributed by atoms with Crippen molar-refractivity contribution in [1.82, 2.24) is 4.57 Å². The molecule has 0 aliphatic rings. The van der Waals surface area contributed by atoms with Crippen LogP contribution in [0.4, 0.5) is 18.9 Å². The van der Waals surface area contributed by atoms with Crippen LogP contribution in [-0.2, 0) is 19.3 Å². The van der Waals surface area contributed by atoms with Gasteiger partial charge in [0.2, 0.25) is 0 Å². The van der Waals surface area contributed by atoms with Crippen molar-refractivity contribution < 1.29 is 13.2 Å². The molecule has 0 radical (unpaired) electrons. The van der Waals surface area contributed by atoms with E-state index in [0.717, 1.165) is 24.4 Å². The Morgan fingerprint density at radius 1 is 1.25 bits per heavy atom. The van der Waals surface area contributed by atoms with Gasteiger partial charge in [0.1, 0.15) is 0 Å². The Bertz CT molecular complexity index is 590. The molecular formula is C14H14ClF3N2.